The summed E-state index contributed by atoms with van der Waals surface area (Å²) in [5.41, 5.74) is 7.32. The van der Waals surface area contributed by atoms with E-state index in [9.17, 15) is 0 Å². The molecule has 0 aliphatic carbocycles. The molecule has 1 unspecified atom stereocenters. The molecule has 2 aromatic heterocycles. The largest absolute Gasteiger partial charge is 0.466 e. The van der Waals surface area contributed by atoms with Gasteiger partial charge in [0, 0.05) is 5.56 Å². The number of nitrogens with one attached hydrogen (secondary N) is 1. The number of hydrogen-bond donors (Lipinski definition) is 2. The fourth-order valence-electron chi connectivity index (χ4n) is 2.03. The second-order valence-electron chi connectivity index (χ2n) is 4.51. The maximum atomic E-state index is 5.58. The van der Waals surface area contributed by atoms with E-state index >= 15 is 0 Å². The number of rotatable bonds is 4. The zero-order chi connectivity index (χ0) is 14.0. The van der Waals surface area contributed by atoms with Gasteiger partial charge in [0.25, 0.3) is 0 Å². The molecule has 5 heteroatoms. The molecular formula is C14H17N3OS. The van der Waals surface area contributed by atoms with Crippen LogP contribution in [0, 0.1) is 13.8 Å². The van der Waals surface area contributed by atoms with Crippen molar-refractivity contribution in [3.8, 4) is 0 Å². The first-order chi connectivity index (χ1) is 8.97. The summed E-state index contributed by atoms with van der Waals surface area (Å²) in [6.07, 6.45) is 0. The van der Waals surface area contributed by atoms with Crippen LogP contribution in [-0.2, 0) is 0 Å². The average molecular weight is 275 g/mol. The molecule has 0 aromatic carbocycles. The zero-order valence-corrected chi connectivity index (χ0v) is 12.0. The van der Waals surface area contributed by atoms with Gasteiger partial charge in [0.1, 0.15) is 22.3 Å². The summed E-state index contributed by atoms with van der Waals surface area (Å²) in [7, 11) is 0. The van der Waals surface area contributed by atoms with Gasteiger partial charge < -0.3 is 15.5 Å². The van der Waals surface area contributed by atoms with Crippen LogP contribution in [0.25, 0.3) is 0 Å². The van der Waals surface area contributed by atoms with Crippen molar-refractivity contribution >= 4 is 23.0 Å². The SMILES string of the molecule is Cc1cc(C(C)Nc2cccc(C(N)=S)n2)c(C)o1. The second-order valence-corrected chi connectivity index (χ2v) is 4.95. The normalized spacial score (nSPS) is 12.2. The fourth-order valence-corrected chi connectivity index (χ4v) is 2.15. The number of thiocarbonyl (C=S) groups is 1. The van der Waals surface area contributed by atoms with Crippen molar-refractivity contribution in [1.29, 1.82) is 0 Å². The lowest BCUT2D eigenvalue weighted by molar-refractivity contribution is 0.500. The van der Waals surface area contributed by atoms with Crippen LogP contribution >= 0.6 is 12.2 Å². The van der Waals surface area contributed by atoms with E-state index in [0.29, 0.717) is 10.7 Å². The van der Waals surface area contributed by atoms with Crippen molar-refractivity contribution in [3.63, 3.8) is 0 Å². The van der Waals surface area contributed by atoms with E-state index in [2.05, 4.69) is 17.2 Å². The van der Waals surface area contributed by atoms with Crippen molar-refractivity contribution in [1.82, 2.24) is 4.98 Å². The molecule has 2 heterocycles. The average Bonchev–Trinajstić information content (AvgIpc) is 2.69. The van der Waals surface area contributed by atoms with Gasteiger partial charge in [0.05, 0.1) is 11.7 Å². The predicted molar refractivity (Wildman–Crippen MR) is 80.3 cm³/mol. The van der Waals surface area contributed by atoms with Gasteiger partial charge in [-0.1, -0.05) is 18.3 Å². The number of nitrogens with two attached hydrogens (primary N) is 1. The molecule has 3 N–H and O–H groups in total. The monoisotopic (exact) mass is 275 g/mol. The number of aromatic nitrogens is 1. The van der Waals surface area contributed by atoms with Gasteiger partial charge in [-0.3, -0.25) is 0 Å². The zero-order valence-electron chi connectivity index (χ0n) is 11.2. The summed E-state index contributed by atoms with van der Waals surface area (Å²) >= 11 is 4.93. The van der Waals surface area contributed by atoms with Crippen LogP contribution in [0.15, 0.2) is 28.7 Å². The van der Waals surface area contributed by atoms with Gasteiger partial charge in [0.15, 0.2) is 0 Å². The number of hydrogen-bond acceptors (Lipinski definition) is 4. The molecule has 4 nitrogen and oxygen atoms in total. The third-order valence-electron chi connectivity index (χ3n) is 2.91. The number of nitrogens with zero attached hydrogens (tertiary/aromatic N) is 1. The number of aryl methyl sites for hydroxylation is 2. The fraction of sp³-hybridized carbons (Fsp3) is 0.286. The number of anilines is 1. The maximum Gasteiger partial charge on any atom is 0.127 e. The minimum absolute atomic E-state index is 0.103. The van der Waals surface area contributed by atoms with Gasteiger partial charge in [0.2, 0.25) is 0 Å². The van der Waals surface area contributed by atoms with Crippen LogP contribution in [0.2, 0.25) is 0 Å². The van der Waals surface area contributed by atoms with Crippen LogP contribution in [0.1, 0.15) is 35.7 Å². The lowest BCUT2D eigenvalue weighted by atomic mass is 10.1. The van der Waals surface area contributed by atoms with Crippen molar-refractivity contribution in [2.24, 2.45) is 5.73 Å². The highest BCUT2D eigenvalue weighted by atomic mass is 32.1. The Balaban J connectivity index is 2.19. The number of pyridine rings is 1. The van der Waals surface area contributed by atoms with Crippen LogP contribution in [0.3, 0.4) is 0 Å². The lowest BCUT2D eigenvalue weighted by Crippen LogP contribution is -2.14. The Morgan fingerprint density at radius 2 is 2.16 bits per heavy atom. The second kappa shape index (κ2) is 5.40. The van der Waals surface area contributed by atoms with Crippen LogP contribution in [0.5, 0.6) is 0 Å². The molecule has 1 atom stereocenters. The molecule has 0 fully saturated rings. The van der Waals surface area contributed by atoms with E-state index < -0.39 is 0 Å². The Morgan fingerprint density at radius 1 is 1.42 bits per heavy atom. The molecule has 0 saturated heterocycles. The Bertz CT molecular complexity index is 606. The van der Waals surface area contributed by atoms with E-state index in [1.54, 1.807) is 6.07 Å². The highest BCUT2D eigenvalue weighted by Crippen LogP contribution is 2.24. The van der Waals surface area contributed by atoms with Crippen molar-refractivity contribution in [2.75, 3.05) is 5.32 Å². The van der Waals surface area contributed by atoms with Crippen LogP contribution in [0.4, 0.5) is 5.82 Å². The van der Waals surface area contributed by atoms with Crippen molar-refractivity contribution in [2.45, 2.75) is 26.8 Å². The first-order valence-corrected chi connectivity index (χ1v) is 6.48. The molecule has 0 aliphatic rings. The van der Waals surface area contributed by atoms with E-state index in [1.165, 1.54) is 0 Å². The predicted octanol–water partition coefficient (Wildman–Crippen LogP) is 3.10. The summed E-state index contributed by atoms with van der Waals surface area (Å²) in [5.74, 6) is 2.57. The highest BCUT2D eigenvalue weighted by Gasteiger charge is 2.13. The van der Waals surface area contributed by atoms with Crippen molar-refractivity contribution < 1.29 is 4.42 Å². The third kappa shape index (κ3) is 3.12. The summed E-state index contributed by atoms with van der Waals surface area (Å²) in [6.45, 7) is 5.96. The quantitative estimate of drug-likeness (QED) is 0.839. The summed E-state index contributed by atoms with van der Waals surface area (Å²) < 4.78 is 5.53. The molecule has 2 rings (SSSR count). The maximum absolute atomic E-state index is 5.58. The van der Waals surface area contributed by atoms with Crippen LogP contribution in [-0.4, -0.2) is 9.97 Å². The van der Waals surface area contributed by atoms with E-state index in [4.69, 9.17) is 22.4 Å². The van der Waals surface area contributed by atoms with Crippen molar-refractivity contribution in [3.05, 3.63) is 47.0 Å². The molecule has 0 amide bonds. The van der Waals surface area contributed by atoms with Gasteiger partial charge in [-0.05, 0) is 39.0 Å². The minimum Gasteiger partial charge on any atom is -0.466 e. The lowest BCUT2D eigenvalue weighted by Gasteiger charge is -2.14. The molecule has 0 saturated carbocycles. The molecular weight excluding hydrogens is 258 g/mol. The topological polar surface area (TPSA) is 64.1 Å². The Labute approximate surface area is 118 Å². The Morgan fingerprint density at radius 3 is 2.74 bits per heavy atom. The molecule has 2 aromatic rings. The van der Waals surface area contributed by atoms with Gasteiger partial charge in [-0.25, -0.2) is 4.98 Å². The summed E-state index contributed by atoms with van der Waals surface area (Å²) in [4.78, 5) is 4.66. The first kappa shape index (κ1) is 13.5. The Kier molecular flexibility index (Phi) is 3.85. The van der Waals surface area contributed by atoms with Crippen LogP contribution < -0.4 is 11.1 Å². The summed E-state index contributed by atoms with van der Waals surface area (Å²) in [6, 6.07) is 7.70. The molecule has 0 radical (unpaired) electrons. The summed E-state index contributed by atoms with van der Waals surface area (Å²) in [5, 5.41) is 3.32. The molecule has 0 bridgehead atoms. The van der Waals surface area contributed by atoms with Gasteiger partial charge in [-0.2, -0.15) is 0 Å². The highest BCUT2D eigenvalue weighted by molar-refractivity contribution is 7.80. The van der Waals surface area contributed by atoms with E-state index in [0.717, 1.165) is 22.9 Å². The number of furan rings is 1. The van der Waals surface area contributed by atoms with Gasteiger partial charge >= 0.3 is 0 Å². The molecule has 0 aliphatic heterocycles. The van der Waals surface area contributed by atoms with Gasteiger partial charge in [-0.15, -0.1) is 0 Å². The Hall–Kier alpha value is -1.88. The molecule has 0 spiro atoms. The molecule has 100 valence electrons. The van der Waals surface area contributed by atoms with E-state index in [1.807, 2.05) is 32.0 Å². The minimum atomic E-state index is 0.103. The molecule has 19 heavy (non-hydrogen) atoms. The standard InChI is InChI=1S/C14H17N3OS/c1-8-7-11(10(3)18-8)9(2)16-13-6-4-5-12(17-13)14(15)19/h4-7,9H,1-3H3,(H2,15,19)(H,16,17). The smallest absolute Gasteiger partial charge is 0.127 e. The third-order valence-corrected chi connectivity index (χ3v) is 3.12. The first-order valence-electron chi connectivity index (χ1n) is 6.07. The van der Waals surface area contributed by atoms with E-state index in [-0.39, 0.29) is 6.04 Å².